The molecule has 2 aromatic rings. The van der Waals surface area contributed by atoms with E-state index in [-0.39, 0.29) is 10.6 Å². The molecule has 2 saturated heterocycles. The van der Waals surface area contributed by atoms with Crippen LogP contribution < -0.4 is 9.80 Å². The minimum atomic E-state index is -3.81. The van der Waals surface area contributed by atoms with Gasteiger partial charge in [-0.3, -0.25) is 10.1 Å². The topological polar surface area (TPSA) is 127 Å². The smallest absolute Gasteiger partial charge is 0.293 e. The fraction of sp³-hybridized carbons (Fsp3) is 0.455. The van der Waals surface area contributed by atoms with Crippen LogP contribution in [0.4, 0.5) is 17.2 Å². The first-order valence-electron chi connectivity index (χ1n) is 11.1. The molecule has 34 heavy (non-hydrogen) atoms. The van der Waals surface area contributed by atoms with Crippen molar-refractivity contribution in [2.45, 2.75) is 11.3 Å². The van der Waals surface area contributed by atoms with Crippen molar-refractivity contribution in [2.75, 3.05) is 69.2 Å². The van der Waals surface area contributed by atoms with E-state index in [1.807, 2.05) is 21.7 Å². The summed E-state index contributed by atoms with van der Waals surface area (Å²) in [5.74, 6) is 0.606. The molecule has 2 aliphatic rings. The molecule has 1 aromatic carbocycles. The summed E-state index contributed by atoms with van der Waals surface area (Å²) < 4.78 is 27.6. The van der Waals surface area contributed by atoms with Crippen LogP contribution in [0.15, 0.2) is 41.4 Å². The molecule has 0 N–H and O–H groups in total. The van der Waals surface area contributed by atoms with E-state index in [0.29, 0.717) is 75.8 Å². The van der Waals surface area contributed by atoms with Gasteiger partial charge in [-0.2, -0.15) is 9.57 Å². The number of nitro groups is 1. The maximum absolute atomic E-state index is 13.1. The van der Waals surface area contributed by atoms with Crippen molar-refractivity contribution < 1.29 is 13.3 Å². The predicted molar refractivity (Wildman–Crippen MR) is 127 cm³/mol. The molecule has 0 radical (unpaired) electrons. The Balaban J connectivity index is 1.57. The Kier molecular flexibility index (Phi) is 6.97. The van der Waals surface area contributed by atoms with Crippen molar-refractivity contribution >= 4 is 27.2 Å². The maximum Gasteiger partial charge on any atom is 0.293 e. The summed E-state index contributed by atoms with van der Waals surface area (Å²) in [5.41, 5.74) is 0.658. The van der Waals surface area contributed by atoms with Crippen molar-refractivity contribution in [3.8, 4) is 6.07 Å². The normalized spacial score (nSPS) is 18.4. The van der Waals surface area contributed by atoms with Gasteiger partial charge >= 0.3 is 0 Å². The highest BCUT2D eigenvalue weighted by Gasteiger charge is 2.31. The third-order valence-electron chi connectivity index (χ3n) is 6.29. The highest BCUT2D eigenvalue weighted by Crippen LogP contribution is 2.33. The summed E-state index contributed by atoms with van der Waals surface area (Å²) in [6.45, 7) is 4.18. The fourth-order valence-corrected chi connectivity index (χ4v) is 5.80. The minimum Gasteiger partial charge on any atom is -0.364 e. The Morgan fingerprint density at radius 1 is 1.03 bits per heavy atom. The number of hydrogen-bond donors (Lipinski definition) is 0. The quantitative estimate of drug-likeness (QED) is 0.457. The van der Waals surface area contributed by atoms with Crippen molar-refractivity contribution in [2.24, 2.45) is 0 Å². The highest BCUT2D eigenvalue weighted by atomic mass is 32.2. The maximum atomic E-state index is 13.1. The van der Waals surface area contributed by atoms with Crippen LogP contribution in [0.3, 0.4) is 0 Å². The number of aromatic nitrogens is 1. The second kappa shape index (κ2) is 9.92. The Morgan fingerprint density at radius 2 is 1.74 bits per heavy atom. The number of hydrogen-bond acceptors (Lipinski definition) is 9. The van der Waals surface area contributed by atoms with E-state index in [1.165, 1.54) is 22.5 Å². The van der Waals surface area contributed by atoms with Crippen LogP contribution in [-0.4, -0.2) is 86.9 Å². The van der Waals surface area contributed by atoms with E-state index in [0.717, 1.165) is 0 Å². The summed E-state index contributed by atoms with van der Waals surface area (Å²) in [5, 5.41) is 21.3. The fourth-order valence-electron chi connectivity index (χ4n) is 4.36. The molecule has 0 amide bonds. The SMILES string of the molecule is CN1CCN(S(=O)(=O)c2ccc(N3CCCN(c4ncccc4C#N)CC3)c([N+](=O)[O-])c2)CC1. The molecule has 0 unspecified atom stereocenters. The number of pyridine rings is 1. The average Bonchev–Trinajstić information content (AvgIpc) is 3.10. The van der Waals surface area contributed by atoms with Crippen LogP contribution in [0.2, 0.25) is 0 Å². The zero-order valence-corrected chi connectivity index (χ0v) is 19.8. The van der Waals surface area contributed by atoms with Crippen LogP contribution in [-0.2, 0) is 10.0 Å². The van der Waals surface area contributed by atoms with Crippen LogP contribution >= 0.6 is 0 Å². The average molecular weight is 486 g/mol. The summed E-state index contributed by atoms with van der Waals surface area (Å²) in [6, 6.07) is 9.77. The van der Waals surface area contributed by atoms with Gasteiger partial charge in [0, 0.05) is 64.6 Å². The molecule has 2 aliphatic heterocycles. The number of anilines is 2. The molecule has 0 spiro atoms. The molecule has 0 bridgehead atoms. The van der Waals surface area contributed by atoms with Gasteiger partial charge in [0.15, 0.2) is 0 Å². The van der Waals surface area contributed by atoms with Crippen LogP contribution in [0.5, 0.6) is 0 Å². The summed E-state index contributed by atoms with van der Waals surface area (Å²) >= 11 is 0. The van der Waals surface area contributed by atoms with Gasteiger partial charge < -0.3 is 14.7 Å². The molecule has 1 aromatic heterocycles. The zero-order valence-electron chi connectivity index (χ0n) is 19.0. The Bertz CT molecular complexity index is 1210. The van der Waals surface area contributed by atoms with Gasteiger partial charge in [0.05, 0.1) is 15.4 Å². The third-order valence-corrected chi connectivity index (χ3v) is 8.18. The second-order valence-electron chi connectivity index (χ2n) is 8.43. The number of rotatable bonds is 5. The zero-order chi connectivity index (χ0) is 24.3. The largest absolute Gasteiger partial charge is 0.364 e. The Morgan fingerprint density at radius 3 is 2.44 bits per heavy atom. The lowest BCUT2D eigenvalue weighted by molar-refractivity contribution is -0.384. The lowest BCUT2D eigenvalue weighted by Gasteiger charge is -2.31. The highest BCUT2D eigenvalue weighted by molar-refractivity contribution is 7.89. The van der Waals surface area contributed by atoms with Gasteiger partial charge in [0.25, 0.3) is 5.69 Å². The van der Waals surface area contributed by atoms with Crippen LogP contribution in [0.25, 0.3) is 0 Å². The minimum absolute atomic E-state index is 0.0592. The van der Waals surface area contributed by atoms with E-state index in [2.05, 4.69) is 11.1 Å². The molecule has 4 rings (SSSR count). The Labute approximate surface area is 199 Å². The monoisotopic (exact) mass is 485 g/mol. The first-order valence-corrected chi connectivity index (χ1v) is 12.6. The summed E-state index contributed by atoms with van der Waals surface area (Å²) in [7, 11) is -1.88. The van der Waals surface area contributed by atoms with E-state index in [4.69, 9.17) is 0 Å². The number of benzene rings is 1. The van der Waals surface area contributed by atoms with E-state index in [9.17, 15) is 23.8 Å². The molecule has 2 fully saturated rings. The third kappa shape index (κ3) is 4.82. The van der Waals surface area contributed by atoms with E-state index < -0.39 is 14.9 Å². The van der Waals surface area contributed by atoms with Gasteiger partial charge in [-0.05, 0) is 37.7 Å². The molecule has 11 nitrogen and oxygen atoms in total. The van der Waals surface area contributed by atoms with E-state index >= 15 is 0 Å². The first-order chi connectivity index (χ1) is 16.3. The molecule has 0 aliphatic carbocycles. The lowest BCUT2D eigenvalue weighted by atomic mass is 10.2. The van der Waals surface area contributed by atoms with Crippen molar-refractivity contribution in [1.29, 1.82) is 5.26 Å². The van der Waals surface area contributed by atoms with Crippen LogP contribution in [0, 0.1) is 21.4 Å². The van der Waals surface area contributed by atoms with Gasteiger partial charge in [-0.15, -0.1) is 0 Å². The number of piperazine rings is 1. The van der Waals surface area contributed by atoms with Gasteiger partial charge in [0.1, 0.15) is 17.6 Å². The van der Waals surface area contributed by atoms with Crippen molar-refractivity contribution in [3.05, 3.63) is 52.2 Å². The van der Waals surface area contributed by atoms with Crippen molar-refractivity contribution in [1.82, 2.24) is 14.2 Å². The standard InChI is InChI=1S/C22H27N7O4S/c1-25-10-14-28(15-11-25)34(32,33)19-5-6-20(21(16-19)29(30)31)26-8-3-9-27(13-12-26)22-18(17-23)4-2-7-24-22/h2,4-7,16H,3,8-15H2,1H3. The number of sulfonamides is 1. The number of nitro benzene ring substituents is 1. The van der Waals surface area contributed by atoms with E-state index in [1.54, 1.807) is 18.3 Å². The van der Waals surface area contributed by atoms with Gasteiger partial charge in [0.2, 0.25) is 10.0 Å². The predicted octanol–water partition coefficient (Wildman–Crippen LogP) is 1.51. The number of nitrogens with zero attached hydrogens (tertiary/aromatic N) is 7. The number of likely N-dealkylation sites (N-methyl/N-ethyl adjacent to an activating group) is 1. The van der Waals surface area contributed by atoms with Crippen LogP contribution in [0.1, 0.15) is 12.0 Å². The molecule has 0 saturated carbocycles. The molecule has 180 valence electrons. The summed E-state index contributed by atoms with van der Waals surface area (Å²) in [4.78, 5) is 21.7. The lowest BCUT2D eigenvalue weighted by Crippen LogP contribution is -2.47. The van der Waals surface area contributed by atoms with Gasteiger partial charge in [-0.1, -0.05) is 0 Å². The molecule has 12 heteroatoms. The molecule has 3 heterocycles. The summed E-state index contributed by atoms with van der Waals surface area (Å²) in [6.07, 6.45) is 2.35. The van der Waals surface area contributed by atoms with Gasteiger partial charge in [-0.25, -0.2) is 13.4 Å². The number of nitriles is 1. The molecule has 0 atom stereocenters. The molecular formula is C22H27N7O4S. The first kappa shape index (κ1) is 23.9. The Hall–Kier alpha value is -3.27. The molecular weight excluding hydrogens is 458 g/mol. The van der Waals surface area contributed by atoms with Crippen molar-refractivity contribution in [3.63, 3.8) is 0 Å². The second-order valence-corrected chi connectivity index (χ2v) is 10.4.